The summed E-state index contributed by atoms with van der Waals surface area (Å²) in [5, 5.41) is 19.0. The van der Waals surface area contributed by atoms with E-state index >= 15 is 0 Å². The van der Waals surface area contributed by atoms with Crippen LogP contribution in [0.15, 0.2) is 18.2 Å². The molecule has 5 heteroatoms. The minimum atomic E-state index is -0.562. The summed E-state index contributed by atoms with van der Waals surface area (Å²) in [5.41, 5.74) is 7.31. The zero-order chi connectivity index (χ0) is 15.8. The molecule has 5 nitrogen and oxygen atoms in total. The summed E-state index contributed by atoms with van der Waals surface area (Å²) in [7, 11) is 1.92. The summed E-state index contributed by atoms with van der Waals surface area (Å²) in [6.07, 6.45) is 0.0369. The number of hydrogen-bond acceptors (Lipinski definition) is 5. The van der Waals surface area contributed by atoms with Crippen LogP contribution in [0.3, 0.4) is 0 Å². The van der Waals surface area contributed by atoms with E-state index < -0.39 is 6.10 Å². The van der Waals surface area contributed by atoms with Crippen LogP contribution in [0.2, 0.25) is 0 Å². The highest BCUT2D eigenvalue weighted by Crippen LogP contribution is 2.27. The molecular weight excluding hydrogens is 268 g/mol. The molecule has 21 heavy (non-hydrogen) atoms. The maximum absolute atomic E-state index is 10.2. The molecule has 0 aliphatic heterocycles. The van der Waals surface area contributed by atoms with Gasteiger partial charge in [-0.3, -0.25) is 0 Å². The lowest BCUT2D eigenvalue weighted by Gasteiger charge is -2.19. The molecule has 0 heterocycles. The molecule has 1 aromatic rings. The Hall–Kier alpha value is -1.30. The van der Waals surface area contributed by atoms with E-state index in [0.29, 0.717) is 43.5 Å². The molecule has 0 aromatic heterocycles. The molecule has 4 N–H and O–H groups in total. The molecular formula is C16H28N2O3. The van der Waals surface area contributed by atoms with Gasteiger partial charge in [0, 0.05) is 13.1 Å². The fourth-order valence-electron chi connectivity index (χ4n) is 1.95. The van der Waals surface area contributed by atoms with Crippen molar-refractivity contribution in [1.29, 1.82) is 0 Å². The number of nitrogens with zero attached hydrogens (tertiary/aromatic N) is 1. The molecule has 1 rings (SSSR count). The first kappa shape index (κ1) is 17.8. The van der Waals surface area contributed by atoms with Crippen LogP contribution < -0.4 is 10.5 Å². The minimum absolute atomic E-state index is 0.126. The zero-order valence-corrected chi connectivity index (χ0v) is 13.2. The number of likely N-dealkylation sites (N-methyl/N-ethyl adjacent to an activating group) is 1. The average molecular weight is 296 g/mol. The number of rotatable bonds is 9. The Morgan fingerprint density at radius 3 is 2.57 bits per heavy atom. The molecule has 0 aliphatic carbocycles. The molecule has 1 atom stereocenters. The van der Waals surface area contributed by atoms with Gasteiger partial charge in [-0.15, -0.1) is 0 Å². The SMILES string of the molecule is CC(C)COc1ccc(C(O)CCN(C)CCO)cc1N. The van der Waals surface area contributed by atoms with Crippen molar-refractivity contribution in [3.63, 3.8) is 0 Å². The van der Waals surface area contributed by atoms with Gasteiger partial charge in [-0.1, -0.05) is 19.9 Å². The zero-order valence-electron chi connectivity index (χ0n) is 13.2. The number of nitrogens with two attached hydrogens (primary N) is 1. The van der Waals surface area contributed by atoms with Crippen LogP contribution >= 0.6 is 0 Å². The van der Waals surface area contributed by atoms with E-state index in [1.807, 2.05) is 24.1 Å². The molecule has 0 saturated heterocycles. The highest BCUT2D eigenvalue weighted by Gasteiger charge is 2.11. The predicted molar refractivity (Wildman–Crippen MR) is 85.3 cm³/mol. The summed E-state index contributed by atoms with van der Waals surface area (Å²) in [6, 6.07) is 5.43. The fraction of sp³-hybridized carbons (Fsp3) is 0.625. The lowest BCUT2D eigenvalue weighted by atomic mass is 10.1. The van der Waals surface area contributed by atoms with Crippen molar-refractivity contribution in [1.82, 2.24) is 4.90 Å². The van der Waals surface area contributed by atoms with Gasteiger partial charge in [-0.25, -0.2) is 0 Å². The van der Waals surface area contributed by atoms with Crippen molar-refractivity contribution in [3.8, 4) is 5.75 Å². The van der Waals surface area contributed by atoms with Gasteiger partial charge in [-0.2, -0.15) is 0 Å². The quantitative estimate of drug-likeness (QED) is 0.604. The largest absolute Gasteiger partial charge is 0.491 e. The van der Waals surface area contributed by atoms with Gasteiger partial charge in [0.15, 0.2) is 0 Å². The summed E-state index contributed by atoms with van der Waals surface area (Å²) in [5.74, 6) is 1.11. The lowest BCUT2D eigenvalue weighted by Crippen LogP contribution is -2.24. The monoisotopic (exact) mass is 296 g/mol. The van der Waals surface area contributed by atoms with E-state index in [1.54, 1.807) is 6.07 Å². The van der Waals surface area contributed by atoms with E-state index in [9.17, 15) is 5.11 Å². The second-order valence-corrected chi connectivity index (χ2v) is 5.83. The van der Waals surface area contributed by atoms with Gasteiger partial charge in [0.1, 0.15) is 5.75 Å². The van der Waals surface area contributed by atoms with Gasteiger partial charge in [-0.05, 0) is 37.1 Å². The Morgan fingerprint density at radius 2 is 2.00 bits per heavy atom. The first-order chi connectivity index (χ1) is 9.93. The Bertz CT molecular complexity index is 424. The normalized spacial score (nSPS) is 12.9. The van der Waals surface area contributed by atoms with Crippen LogP contribution in [0.5, 0.6) is 5.75 Å². The number of anilines is 1. The molecule has 1 unspecified atom stereocenters. The van der Waals surface area contributed by atoms with Crippen LogP contribution in [0.1, 0.15) is 31.9 Å². The predicted octanol–water partition coefficient (Wildman–Crippen LogP) is 1.65. The third-order valence-electron chi connectivity index (χ3n) is 3.26. The summed E-state index contributed by atoms with van der Waals surface area (Å²) < 4.78 is 5.62. The van der Waals surface area contributed by atoms with Crippen molar-refractivity contribution in [2.45, 2.75) is 26.4 Å². The number of benzene rings is 1. The molecule has 0 saturated carbocycles. The fourth-order valence-corrected chi connectivity index (χ4v) is 1.95. The smallest absolute Gasteiger partial charge is 0.142 e. The second-order valence-electron chi connectivity index (χ2n) is 5.83. The molecule has 0 spiro atoms. The molecule has 1 aromatic carbocycles. The second kappa shape index (κ2) is 8.87. The number of aliphatic hydroxyl groups excluding tert-OH is 2. The van der Waals surface area contributed by atoms with Gasteiger partial charge in [0.05, 0.1) is 25.0 Å². The van der Waals surface area contributed by atoms with E-state index in [-0.39, 0.29) is 6.61 Å². The van der Waals surface area contributed by atoms with Gasteiger partial charge < -0.3 is 25.6 Å². The maximum atomic E-state index is 10.2. The van der Waals surface area contributed by atoms with Crippen LogP contribution in [0.25, 0.3) is 0 Å². The highest BCUT2D eigenvalue weighted by molar-refractivity contribution is 5.54. The van der Waals surface area contributed by atoms with Crippen molar-refractivity contribution in [3.05, 3.63) is 23.8 Å². The average Bonchev–Trinajstić information content (AvgIpc) is 2.43. The van der Waals surface area contributed by atoms with E-state index in [4.69, 9.17) is 15.6 Å². The van der Waals surface area contributed by atoms with Crippen LogP contribution in [-0.2, 0) is 0 Å². The van der Waals surface area contributed by atoms with E-state index in [2.05, 4.69) is 13.8 Å². The first-order valence-electron chi connectivity index (χ1n) is 7.43. The lowest BCUT2D eigenvalue weighted by molar-refractivity contribution is 0.141. The first-order valence-corrected chi connectivity index (χ1v) is 7.43. The number of hydrogen-bond donors (Lipinski definition) is 3. The number of ether oxygens (including phenoxy) is 1. The van der Waals surface area contributed by atoms with Crippen LogP contribution in [0, 0.1) is 5.92 Å². The third-order valence-corrected chi connectivity index (χ3v) is 3.26. The standard InChI is InChI=1S/C16H28N2O3/c1-12(2)11-21-16-5-4-13(10-14(16)17)15(20)6-7-18(3)8-9-19/h4-5,10,12,15,19-20H,6-9,11,17H2,1-3H3. The molecule has 0 amide bonds. The molecule has 0 aliphatic rings. The maximum Gasteiger partial charge on any atom is 0.142 e. The Morgan fingerprint density at radius 1 is 1.29 bits per heavy atom. The van der Waals surface area contributed by atoms with Crippen LogP contribution in [0.4, 0.5) is 5.69 Å². The third kappa shape index (κ3) is 6.33. The number of aliphatic hydroxyl groups is 2. The van der Waals surface area contributed by atoms with Gasteiger partial charge in [0.25, 0.3) is 0 Å². The van der Waals surface area contributed by atoms with Crippen molar-refractivity contribution in [2.24, 2.45) is 5.92 Å². The van der Waals surface area contributed by atoms with Crippen molar-refractivity contribution >= 4 is 5.69 Å². The van der Waals surface area contributed by atoms with E-state index in [1.165, 1.54) is 0 Å². The summed E-state index contributed by atoms with van der Waals surface area (Å²) in [6.45, 7) is 6.23. The van der Waals surface area contributed by atoms with Crippen LogP contribution in [-0.4, -0.2) is 48.5 Å². The summed E-state index contributed by atoms with van der Waals surface area (Å²) in [4.78, 5) is 1.98. The highest BCUT2D eigenvalue weighted by atomic mass is 16.5. The molecule has 0 bridgehead atoms. The minimum Gasteiger partial charge on any atom is -0.491 e. The topological polar surface area (TPSA) is 79.0 Å². The summed E-state index contributed by atoms with van der Waals surface area (Å²) >= 11 is 0. The number of nitrogen functional groups attached to an aromatic ring is 1. The molecule has 0 radical (unpaired) electrons. The van der Waals surface area contributed by atoms with Gasteiger partial charge >= 0.3 is 0 Å². The Balaban J connectivity index is 2.57. The molecule has 120 valence electrons. The van der Waals surface area contributed by atoms with E-state index in [0.717, 1.165) is 5.56 Å². The Labute approximate surface area is 127 Å². The Kier molecular flexibility index (Phi) is 7.50. The van der Waals surface area contributed by atoms with Crippen molar-refractivity contribution in [2.75, 3.05) is 39.1 Å². The molecule has 0 fully saturated rings. The van der Waals surface area contributed by atoms with Crippen molar-refractivity contribution < 1.29 is 14.9 Å². The van der Waals surface area contributed by atoms with Gasteiger partial charge in [0.2, 0.25) is 0 Å².